The summed E-state index contributed by atoms with van der Waals surface area (Å²) in [5.74, 6) is 0.770. The Labute approximate surface area is 123 Å². The Morgan fingerprint density at radius 3 is 2.60 bits per heavy atom. The van der Waals surface area contributed by atoms with Crippen LogP contribution in [0.25, 0.3) is 0 Å². The van der Waals surface area contributed by atoms with E-state index >= 15 is 0 Å². The molecule has 0 amide bonds. The molecule has 0 spiro atoms. The Balaban J connectivity index is 1.77. The first-order chi connectivity index (χ1) is 9.62. The van der Waals surface area contributed by atoms with Crippen molar-refractivity contribution in [1.29, 1.82) is 5.26 Å². The van der Waals surface area contributed by atoms with Gasteiger partial charge in [-0.05, 0) is 63.8 Å². The minimum absolute atomic E-state index is 0.465. The van der Waals surface area contributed by atoms with E-state index in [1.807, 2.05) is 0 Å². The molecule has 112 valence electrons. The van der Waals surface area contributed by atoms with Crippen LogP contribution >= 0.6 is 0 Å². The molecular formula is C17H28N2O. The lowest BCUT2D eigenvalue weighted by atomic mass is 9.58. The van der Waals surface area contributed by atoms with Crippen molar-refractivity contribution in [2.75, 3.05) is 13.1 Å². The number of piperidine rings is 1. The van der Waals surface area contributed by atoms with Crippen LogP contribution in [-0.4, -0.2) is 34.7 Å². The second-order valence-corrected chi connectivity index (χ2v) is 7.36. The number of rotatable bonds is 2. The van der Waals surface area contributed by atoms with Crippen molar-refractivity contribution in [3.8, 4) is 6.07 Å². The van der Waals surface area contributed by atoms with Crippen LogP contribution in [0, 0.1) is 22.7 Å². The Bertz CT molecular complexity index is 394. The fourth-order valence-corrected chi connectivity index (χ4v) is 4.94. The summed E-state index contributed by atoms with van der Waals surface area (Å²) in [6, 6.07) is 3.11. The third kappa shape index (κ3) is 2.18. The van der Waals surface area contributed by atoms with Crippen molar-refractivity contribution in [2.45, 2.75) is 76.4 Å². The molecule has 3 heteroatoms. The molecule has 0 aromatic rings. The first kappa shape index (κ1) is 14.4. The molecule has 0 radical (unpaired) electrons. The molecule has 3 nitrogen and oxygen atoms in total. The predicted molar refractivity (Wildman–Crippen MR) is 79.1 cm³/mol. The van der Waals surface area contributed by atoms with E-state index in [4.69, 9.17) is 0 Å². The summed E-state index contributed by atoms with van der Waals surface area (Å²) in [7, 11) is 0. The van der Waals surface area contributed by atoms with E-state index < -0.39 is 11.0 Å². The van der Waals surface area contributed by atoms with Crippen molar-refractivity contribution >= 4 is 0 Å². The van der Waals surface area contributed by atoms with Gasteiger partial charge in [-0.15, -0.1) is 0 Å². The van der Waals surface area contributed by atoms with Gasteiger partial charge >= 0.3 is 0 Å². The van der Waals surface area contributed by atoms with Crippen LogP contribution in [0.4, 0.5) is 0 Å². The first-order valence-corrected chi connectivity index (χ1v) is 8.50. The third-order valence-electron chi connectivity index (χ3n) is 6.53. The van der Waals surface area contributed by atoms with Crippen LogP contribution in [0.5, 0.6) is 0 Å². The molecule has 2 atom stereocenters. The van der Waals surface area contributed by atoms with E-state index in [-0.39, 0.29) is 0 Å². The quantitative estimate of drug-likeness (QED) is 0.843. The lowest BCUT2D eigenvalue weighted by molar-refractivity contribution is -0.123. The molecule has 0 aromatic carbocycles. The highest BCUT2D eigenvalue weighted by Gasteiger charge is 2.55. The summed E-state index contributed by atoms with van der Waals surface area (Å²) in [5.41, 5.74) is -1.20. The van der Waals surface area contributed by atoms with Gasteiger partial charge in [-0.3, -0.25) is 0 Å². The highest BCUT2D eigenvalue weighted by atomic mass is 16.3. The summed E-state index contributed by atoms with van der Waals surface area (Å²) in [5, 5.41) is 21.1. The van der Waals surface area contributed by atoms with Gasteiger partial charge in [-0.1, -0.05) is 13.3 Å². The summed E-state index contributed by atoms with van der Waals surface area (Å²) in [6.07, 6.45) is 9.39. The Morgan fingerprint density at radius 2 is 1.95 bits per heavy atom. The molecular weight excluding hydrogens is 248 g/mol. The van der Waals surface area contributed by atoms with Gasteiger partial charge in [-0.2, -0.15) is 5.26 Å². The van der Waals surface area contributed by atoms with Gasteiger partial charge in [0.05, 0.1) is 17.1 Å². The molecule has 2 unspecified atom stereocenters. The van der Waals surface area contributed by atoms with Gasteiger partial charge in [0.2, 0.25) is 0 Å². The largest absolute Gasteiger partial charge is 0.388 e. The summed E-state index contributed by atoms with van der Waals surface area (Å²) in [6.45, 7) is 4.43. The predicted octanol–water partition coefficient (Wildman–Crippen LogP) is 3.09. The van der Waals surface area contributed by atoms with Crippen LogP contribution in [0.2, 0.25) is 0 Å². The van der Waals surface area contributed by atoms with Crippen molar-refractivity contribution in [1.82, 2.24) is 4.90 Å². The highest BCUT2D eigenvalue weighted by Crippen LogP contribution is 2.52. The maximum absolute atomic E-state index is 11.3. The van der Waals surface area contributed by atoms with Crippen molar-refractivity contribution in [3.63, 3.8) is 0 Å². The molecule has 1 saturated carbocycles. The zero-order chi connectivity index (χ0) is 14.2. The van der Waals surface area contributed by atoms with E-state index in [1.54, 1.807) is 0 Å². The van der Waals surface area contributed by atoms with Crippen LogP contribution in [-0.2, 0) is 0 Å². The minimum Gasteiger partial charge on any atom is -0.388 e. The minimum atomic E-state index is -0.730. The SMILES string of the molecule is CCC1CCC(C#N)(C2(O)CCN3CCCC3C2)CC1. The number of hydrogen-bond donors (Lipinski definition) is 1. The van der Waals surface area contributed by atoms with Gasteiger partial charge < -0.3 is 10.0 Å². The first-order valence-electron chi connectivity index (χ1n) is 8.50. The summed E-state index contributed by atoms with van der Waals surface area (Å²) >= 11 is 0. The zero-order valence-electron chi connectivity index (χ0n) is 12.8. The summed E-state index contributed by atoms with van der Waals surface area (Å²) in [4.78, 5) is 2.53. The standard InChI is InChI=1S/C17H28N2O/c1-2-14-5-7-16(13-18,8-6-14)17(20)9-11-19-10-3-4-15(19)12-17/h14-15,20H,2-12H2,1H3. The fraction of sp³-hybridized carbons (Fsp3) is 0.941. The maximum atomic E-state index is 11.3. The Morgan fingerprint density at radius 1 is 1.20 bits per heavy atom. The molecule has 3 aliphatic rings. The van der Waals surface area contributed by atoms with E-state index in [9.17, 15) is 10.4 Å². The number of aliphatic hydroxyl groups is 1. The normalized spacial score (nSPS) is 45.9. The van der Waals surface area contributed by atoms with Crippen LogP contribution in [0.15, 0.2) is 0 Å². The van der Waals surface area contributed by atoms with E-state index in [0.29, 0.717) is 6.04 Å². The second-order valence-electron chi connectivity index (χ2n) is 7.36. The third-order valence-corrected chi connectivity index (χ3v) is 6.53. The van der Waals surface area contributed by atoms with E-state index in [2.05, 4.69) is 17.9 Å². The number of nitrogens with zero attached hydrogens (tertiary/aromatic N) is 2. The van der Waals surface area contributed by atoms with Crippen molar-refractivity contribution < 1.29 is 5.11 Å². The van der Waals surface area contributed by atoms with Crippen LogP contribution in [0.3, 0.4) is 0 Å². The van der Waals surface area contributed by atoms with E-state index in [0.717, 1.165) is 51.0 Å². The lowest BCUT2D eigenvalue weighted by Gasteiger charge is -2.51. The average molecular weight is 276 g/mol. The van der Waals surface area contributed by atoms with Crippen LogP contribution < -0.4 is 0 Å². The zero-order valence-corrected chi connectivity index (χ0v) is 12.8. The average Bonchev–Trinajstić information content (AvgIpc) is 2.94. The maximum Gasteiger partial charge on any atom is 0.0861 e. The molecule has 0 bridgehead atoms. The topological polar surface area (TPSA) is 47.3 Å². The monoisotopic (exact) mass is 276 g/mol. The Hall–Kier alpha value is -0.590. The smallest absolute Gasteiger partial charge is 0.0861 e. The Kier molecular flexibility index (Phi) is 3.81. The second kappa shape index (κ2) is 5.31. The van der Waals surface area contributed by atoms with Crippen molar-refractivity contribution in [3.05, 3.63) is 0 Å². The molecule has 2 heterocycles. The summed E-state index contributed by atoms with van der Waals surface area (Å²) < 4.78 is 0. The number of nitriles is 1. The van der Waals surface area contributed by atoms with Crippen molar-refractivity contribution in [2.24, 2.45) is 11.3 Å². The van der Waals surface area contributed by atoms with Gasteiger partial charge in [0.25, 0.3) is 0 Å². The molecule has 2 aliphatic heterocycles. The van der Waals surface area contributed by atoms with Gasteiger partial charge in [0.1, 0.15) is 0 Å². The fourth-order valence-electron chi connectivity index (χ4n) is 4.94. The van der Waals surface area contributed by atoms with Gasteiger partial charge in [0.15, 0.2) is 0 Å². The number of hydrogen-bond acceptors (Lipinski definition) is 3. The molecule has 20 heavy (non-hydrogen) atoms. The van der Waals surface area contributed by atoms with E-state index in [1.165, 1.54) is 25.8 Å². The number of fused-ring (bicyclic) bond motifs is 1. The molecule has 1 aliphatic carbocycles. The molecule has 3 fully saturated rings. The molecule has 3 rings (SSSR count). The highest BCUT2D eigenvalue weighted by molar-refractivity contribution is 5.15. The lowest BCUT2D eigenvalue weighted by Crippen LogP contribution is -2.57. The van der Waals surface area contributed by atoms with Gasteiger partial charge in [0, 0.05) is 12.6 Å². The van der Waals surface area contributed by atoms with Gasteiger partial charge in [-0.25, -0.2) is 0 Å². The van der Waals surface area contributed by atoms with Crippen LogP contribution in [0.1, 0.15) is 64.7 Å². The molecule has 1 N–H and O–H groups in total. The molecule has 0 aromatic heterocycles. The molecule has 2 saturated heterocycles.